The largest absolute Gasteiger partial charge is 0.370 e. The van der Waals surface area contributed by atoms with Crippen LogP contribution in [-0.2, 0) is 33.9 Å². The van der Waals surface area contributed by atoms with Gasteiger partial charge < -0.3 is 38.9 Å². The second kappa shape index (κ2) is 18.3. The number of carbonyl (C=O) groups excluding carboxylic acids is 3. The molecule has 218 valence electrons. The number of amides is 3. The van der Waals surface area contributed by atoms with Crippen molar-refractivity contribution in [3.05, 3.63) is 71.3 Å². The Morgan fingerprint density at radius 1 is 0.700 bits per heavy atom. The molecule has 2 aromatic rings. The van der Waals surface area contributed by atoms with E-state index >= 15 is 0 Å². The van der Waals surface area contributed by atoms with Crippen LogP contribution in [0.25, 0.3) is 0 Å². The van der Waals surface area contributed by atoms with Crippen LogP contribution in [0.2, 0.25) is 0 Å². The zero-order valence-electron chi connectivity index (χ0n) is 23.1. The van der Waals surface area contributed by atoms with Gasteiger partial charge in [-0.2, -0.15) is 0 Å². The topological polar surface area (TPSA) is 204 Å². The van der Waals surface area contributed by atoms with E-state index in [1.807, 2.05) is 54.6 Å². The SMILES string of the molecule is NCCCC[C@H](NC(=O)Cc1ccccc1)C(=O)N[C@@H](CCCCN)C(=O)NCc1ccc(CN=C(N)N)cc1. The summed E-state index contributed by atoms with van der Waals surface area (Å²) in [6.45, 7) is 1.65. The predicted molar refractivity (Wildman–Crippen MR) is 158 cm³/mol. The fraction of sp³-hybridized carbons (Fsp3) is 0.448. The highest BCUT2D eigenvalue weighted by Gasteiger charge is 2.26. The van der Waals surface area contributed by atoms with Gasteiger partial charge in [0.05, 0.1) is 13.0 Å². The van der Waals surface area contributed by atoms with Crippen LogP contribution >= 0.6 is 0 Å². The van der Waals surface area contributed by atoms with Crippen molar-refractivity contribution >= 4 is 23.7 Å². The molecule has 0 fully saturated rings. The molecule has 0 spiro atoms. The van der Waals surface area contributed by atoms with Crippen LogP contribution < -0.4 is 38.9 Å². The number of nitrogens with zero attached hydrogens (tertiary/aromatic N) is 1. The number of rotatable bonds is 18. The number of benzene rings is 2. The van der Waals surface area contributed by atoms with Crippen LogP contribution in [0.15, 0.2) is 59.6 Å². The van der Waals surface area contributed by atoms with Gasteiger partial charge in [0.15, 0.2) is 5.96 Å². The van der Waals surface area contributed by atoms with Crippen molar-refractivity contribution in [2.45, 2.75) is 70.1 Å². The Morgan fingerprint density at radius 2 is 1.27 bits per heavy atom. The van der Waals surface area contributed by atoms with Gasteiger partial charge in [-0.05, 0) is 68.3 Å². The minimum atomic E-state index is -0.773. The number of aliphatic imine (C=N–C) groups is 1. The van der Waals surface area contributed by atoms with Gasteiger partial charge >= 0.3 is 0 Å². The molecular weight excluding hydrogens is 508 g/mol. The Balaban J connectivity index is 2.03. The number of hydrogen-bond donors (Lipinski definition) is 7. The molecule has 11 nitrogen and oxygen atoms in total. The van der Waals surface area contributed by atoms with Crippen molar-refractivity contribution < 1.29 is 14.4 Å². The second-order valence-corrected chi connectivity index (χ2v) is 9.69. The molecule has 40 heavy (non-hydrogen) atoms. The van der Waals surface area contributed by atoms with E-state index in [0.717, 1.165) is 29.5 Å². The van der Waals surface area contributed by atoms with Crippen LogP contribution in [-0.4, -0.2) is 48.9 Å². The van der Waals surface area contributed by atoms with Crippen molar-refractivity contribution in [2.75, 3.05) is 13.1 Å². The molecule has 0 aliphatic heterocycles. The van der Waals surface area contributed by atoms with Crippen LogP contribution in [0, 0.1) is 0 Å². The highest BCUT2D eigenvalue weighted by molar-refractivity contribution is 5.92. The first kappa shape index (κ1) is 32.3. The number of hydrogen-bond acceptors (Lipinski definition) is 6. The van der Waals surface area contributed by atoms with Gasteiger partial charge in [-0.3, -0.25) is 14.4 Å². The molecule has 0 aromatic heterocycles. The van der Waals surface area contributed by atoms with Gasteiger partial charge in [0.2, 0.25) is 17.7 Å². The zero-order chi connectivity index (χ0) is 29.2. The summed E-state index contributed by atoms with van der Waals surface area (Å²) in [5.74, 6) is -0.926. The maximum atomic E-state index is 13.3. The van der Waals surface area contributed by atoms with Gasteiger partial charge in [0.25, 0.3) is 0 Å². The molecular formula is C29H44N8O3. The Hall–Kier alpha value is -3.96. The molecule has 11 N–H and O–H groups in total. The minimum absolute atomic E-state index is 0.0245. The highest BCUT2D eigenvalue weighted by Crippen LogP contribution is 2.09. The van der Waals surface area contributed by atoms with Crippen molar-refractivity contribution in [1.29, 1.82) is 0 Å². The molecule has 0 unspecified atom stereocenters. The average Bonchev–Trinajstić information content (AvgIpc) is 2.95. The first-order chi connectivity index (χ1) is 19.3. The second-order valence-electron chi connectivity index (χ2n) is 9.69. The maximum absolute atomic E-state index is 13.3. The van der Waals surface area contributed by atoms with Crippen molar-refractivity contribution in [3.8, 4) is 0 Å². The van der Waals surface area contributed by atoms with E-state index in [1.165, 1.54) is 0 Å². The number of nitrogens with one attached hydrogen (secondary N) is 3. The molecule has 0 heterocycles. The van der Waals surface area contributed by atoms with E-state index in [4.69, 9.17) is 22.9 Å². The zero-order valence-corrected chi connectivity index (χ0v) is 23.1. The minimum Gasteiger partial charge on any atom is -0.370 e. The number of nitrogens with two attached hydrogens (primary N) is 4. The Bertz CT molecular complexity index is 1070. The summed E-state index contributed by atoms with van der Waals surface area (Å²) in [4.78, 5) is 43.1. The third-order valence-corrected chi connectivity index (χ3v) is 6.32. The third-order valence-electron chi connectivity index (χ3n) is 6.32. The molecule has 0 saturated heterocycles. The highest BCUT2D eigenvalue weighted by atomic mass is 16.2. The lowest BCUT2D eigenvalue weighted by molar-refractivity contribution is -0.132. The van der Waals surface area contributed by atoms with E-state index in [-0.39, 0.29) is 24.2 Å². The fourth-order valence-electron chi connectivity index (χ4n) is 4.08. The first-order valence-electron chi connectivity index (χ1n) is 13.8. The predicted octanol–water partition coefficient (Wildman–Crippen LogP) is 0.547. The van der Waals surface area contributed by atoms with Crippen LogP contribution in [0.5, 0.6) is 0 Å². The molecule has 2 atom stereocenters. The van der Waals surface area contributed by atoms with Gasteiger partial charge in [-0.1, -0.05) is 54.6 Å². The smallest absolute Gasteiger partial charge is 0.243 e. The monoisotopic (exact) mass is 552 g/mol. The number of unbranched alkanes of at least 4 members (excludes halogenated alkanes) is 2. The summed E-state index contributed by atoms with van der Waals surface area (Å²) in [7, 11) is 0. The first-order valence-corrected chi connectivity index (χ1v) is 13.8. The summed E-state index contributed by atoms with van der Waals surface area (Å²) >= 11 is 0. The Kier molecular flexibility index (Phi) is 14.8. The molecule has 0 bridgehead atoms. The van der Waals surface area contributed by atoms with Crippen molar-refractivity contribution in [2.24, 2.45) is 27.9 Å². The molecule has 3 amide bonds. The van der Waals surface area contributed by atoms with Crippen LogP contribution in [0.1, 0.15) is 55.2 Å². The average molecular weight is 553 g/mol. The summed E-state index contributed by atoms with van der Waals surface area (Å²) < 4.78 is 0. The number of carbonyl (C=O) groups is 3. The lowest BCUT2D eigenvalue weighted by Gasteiger charge is -2.23. The standard InChI is InChI=1S/C29H44N8O3/c30-16-6-4-10-24(27(39)34-19-22-12-14-23(15-13-22)20-35-29(32)33)37-28(40)25(11-5-7-17-31)36-26(38)18-21-8-2-1-3-9-21/h1-3,8-9,12-15,24-25H,4-7,10-11,16-20,30-31H2,(H,34,39)(H,36,38)(H,37,40)(H4,32,33,35)/t24-,25-/m0/s1. The molecule has 0 radical (unpaired) electrons. The fourth-order valence-corrected chi connectivity index (χ4v) is 4.08. The molecule has 0 aliphatic carbocycles. The summed E-state index contributed by atoms with van der Waals surface area (Å²) in [5.41, 5.74) is 24.7. The molecule has 2 aromatic carbocycles. The van der Waals surface area contributed by atoms with Gasteiger partial charge in [-0.15, -0.1) is 0 Å². The molecule has 2 rings (SSSR count). The number of guanidine groups is 1. The van der Waals surface area contributed by atoms with Crippen molar-refractivity contribution in [1.82, 2.24) is 16.0 Å². The van der Waals surface area contributed by atoms with E-state index in [2.05, 4.69) is 20.9 Å². The lowest BCUT2D eigenvalue weighted by Crippen LogP contribution is -2.53. The normalized spacial score (nSPS) is 12.2. The van der Waals surface area contributed by atoms with Crippen LogP contribution in [0.3, 0.4) is 0 Å². The Morgan fingerprint density at radius 3 is 1.85 bits per heavy atom. The van der Waals surface area contributed by atoms with Gasteiger partial charge in [-0.25, -0.2) is 4.99 Å². The maximum Gasteiger partial charge on any atom is 0.243 e. The molecule has 11 heteroatoms. The Labute approximate surface area is 236 Å². The summed E-state index contributed by atoms with van der Waals surface area (Å²) in [5, 5.41) is 8.63. The molecule has 0 saturated carbocycles. The quantitative estimate of drug-likeness (QED) is 0.0793. The van der Waals surface area contributed by atoms with E-state index < -0.39 is 18.0 Å². The van der Waals surface area contributed by atoms with E-state index in [0.29, 0.717) is 51.9 Å². The van der Waals surface area contributed by atoms with Crippen molar-refractivity contribution in [3.63, 3.8) is 0 Å². The van der Waals surface area contributed by atoms with Gasteiger partial charge in [0, 0.05) is 6.54 Å². The van der Waals surface area contributed by atoms with Crippen LogP contribution in [0.4, 0.5) is 0 Å². The summed E-state index contributed by atoms with van der Waals surface area (Å²) in [6.07, 6.45) is 3.81. The van der Waals surface area contributed by atoms with E-state index in [1.54, 1.807) is 0 Å². The lowest BCUT2D eigenvalue weighted by atomic mass is 10.0. The van der Waals surface area contributed by atoms with E-state index in [9.17, 15) is 14.4 Å². The molecule has 0 aliphatic rings. The van der Waals surface area contributed by atoms with Gasteiger partial charge in [0.1, 0.15) is 12.1 Å². The third kappa shape index (κ3) is 12.7. The summed E-state index contributed by atoms with van der Waals surface area (Å²) in [6, 6.07) is 15.3.